The smallest absolute Gasteiger partial charge is 0.248 e. The summed E-state index contributed by atoms with van der Waals surface area (Å²) < 4.78 is 1.67. The molecular formula is C16H10N4O2S. The average molecular weight is 322 g/mol. The molecule has 0 saturated heterocycles. The molecule has 4 aromatic rings. The number of aromatic nitrogens is 4. The van der Waals surface area contributed by atoms with E-state index in [1.54, 1.807) is 23.1 Å². The summed E-state index contributed by atoms with van der Waals surface area (Å²) in [6, 6.07) is 5.15. The van der Waals surface area contributed by atoms with Crippen LogP contribution < -0.4 is 5.56 Å². The lowest BCUT2D eigenvalue weighted by molar-refractivity contribution is 0.112. The number of carbonyl (C=O) groups excluding carboxylic acids is 1. The highest BCUT2D eigenvalue weighted by atomic mass is 32.1. The van der Waals surface area contributed by atoms with Crippen LogP contribution in [0.2, 0.25) is 0 Å². The Kier molecular flexibility index (Phi) is 3.13. The molecule has 4 aromatic heterocycles. The highest BCUT2D eigenvalue weighted by molar-refractivity contribution is 7.12. The summed E-state index contributed by atoms with van der Waals surface area (Å²) >= 11 is 1.39. The second-order valence-electron chi connectivity index (χ2n) is 4.97. The Hall–Kier alpha value is -3.06. The third-order valence-electron chi connectivity index (χ3n) is 3.51. The standard InChI is InChI=1S/C16H10N4O2S/c21-8-13-3-11(9-23-13)14-6-19-20-7-12(5-18-16(14)20)10-1-2-17-15(22)4-10/h1-9H,(H,17,22). The van der Waals surface area contributed by atoms with Gasteiger partial charge in [-0.2, -0.15) is 5.10 Å². The van der Waals surface area contributed by atoms with Gasteiger partial charge >= 0.3 is 0 Å². The Morgan fingerprint density at radius 2 is 2.09 bits per heavy atom. The number of carbonyl (C=O) groups is 1. The number of fused-ring (bicyclic) bond motifs is 1. The molecule has 0 aromatic carbocycles. The first-order chi connectivity index (χ1) is 11.2. The lowest BCUT2D eigenvalue weighted by Crippen LogP contribution is -2.02. The van der Waals surface area contributed by atoms with Crippen LogP contribution in [0.1, 0.15) is 9.67 Å². The molecule has 23 heavy (non-hydrogen) atoms. The van der Waals surface area contributed by atoms with Gasteiger partial charge in [0, 0.05) is 35.8 Å². The molecular weight excluding hydrogens is 312 g/mol. The van der Waals surface area contributed by atoms with Gasteiger partial charge in [0.05, 0.1) is 11.1 Å². The summed E-state index contributed by atoms with van der Waals surface area (Å²) in [5.74, 6) is 0. The molecule has 0 amide bonds. The number of nitrogens with one attached hydrogen (secondary N) is 1. The van der Waals surface area contributed by atoms with Crippen molar-refractivity contribution in [1.29, 1.82) is 0 Å². The van der Waals surface area contributed by atoms with Crippen molar-refractivity contribution in [2.45, 2.75) is 0 Å². The van der Waals surface area contributed by atoms with E-state index in [1.165, 1.54) is 17.4 Å². The zero-order chi connectivity index (χ0) is 15.8. The van der Waals surface area contributed by atoms with Crippen LogP contribution in [0.3, 0.4) is 0 Å². The van der Waals surface area contributed by atoms with Crippen molar-refractivity contribution in [1.82, 2.24) is 19.6 Å². The number of thiophene rings is 1. The molecule has 0 saturated carbocycles. The fourth-order valence-corrected chi connectivity index (χ4v) is 3.12. The molecule has 0 spiro atoms. The van der Waals surface area contributed by atoms with Crippen LogP contribution in [0.4, 0.5) is 0 Å². The molecule has 4 heterocycles. The van der Waals surface area contributed by atoms with E-state index in [0.29, 0.717) is 10.5 Å². The maximum atomic E-state index is 11.4. The van der Waals surface area contributed by atoms with Gasteiger partial charge in [-0.15, -0.1) is 11.3 Å². The van der Waals surface area contributed by atoms with Crippen molar-refractivity contribution in [3.63, 3.8) is 0 Å². The number of rotatable bonds is 3. The highest BCUT2D eigenvalue weighted by Gasteiger charge is 2.11. The fraction of sp³-hybridized carbons (Fsp3) is 0. The second kappa shape index (κ2) is 5.29. The summed E-state index contributed by atoms with van der Waals surface area (Å²) in [5, 5.41) is 6.23. The molecule has 0 bridgehead atoms. The van der Waals surface area contributed by atoms with Crippen LogP contribution in [-0.2, 0) is 0 Å². The lowest BCUT2D eigenvalue weighted by Gasteiger charge is -2.02. The zero-order valence-corrected chi connectivity index (χ0v) is 12.6. The summed E-state index contributed by atoms with van der Waals surface area (Å²) in [4.78, 5) is 30.0. The minimum absolute atomic E-state index is 0.164. The van der Waals surface area contributed by atoms with E-state index in [1.807, 2.05) is 23.7 Å². The van der Waals surface area contributed by atoms with Gasteiger partial charge in [-0.3, -0.25) is 9.59 Å². The molecule has 0 radical (unpaired) electrons. The zero-order valence-electron chi connectivity index (χ0n) is 11.8. The topological polar surface area (TPSA) is 80.1 Å². The minimum Gasteiger partial charge on any atom is -0.329 e. The van der Waals surface area contributed by atoms with E-state index >= 15 is 0 Å². The van der Waals surface area contributed by atoms with E-state index in [2.05, 4.69) is 15.1 Å². The minimum atomic E-state index is -0.164. The predicted molar refractivity (Wildman–Crippen MR) is 87.7 cm³/mol. The van der Waals surface area contributed by atoms with Crippen molar-refractivity contribution in [3.8, 4) is 22.3 Å². The molecule has 0 unspecified atom stereocenters. The van der Waals surface area contributed by atoms with Crippen LogP contribution in [0.15, 0.2) is 53.2 Å². The van der Waals surface area contributed by atoms with Gasteiger partial charge in [0.25, 0.3) is 0 Å². The number of H-pyrrole nitrogens is 1. The first kappa shape index (κ1) is 13.6. The molecule has 4 rings (SSSR count). The largest absolute Gasteiger partial charge is 0.329 e. The van der Waals surface area contributed by atoms with Crippen molar-refractivity contribution < 1.29 is 4.79 Å². The van der Waals surface area contributed by atoms with Crippen LogP contribution in [0, 0.1) is 0 Å². The van der Waals surface area contributed by atoms with Gasteiger partial charge in [-0.25, -0.2) is 9.50 Å². The van der Waals surface area contributed by atoms with Crippen molar-refractivity contribution in [3.05, 3.63) is 63.6 Å². The van der Waals surface area contributed by atoms with E-state index in [9.17, 15) is 9.59 Å². The molecule has 6 nitrogen and oxygen atoms in total. The monoisotopic (exact) mass is 322 g/mol. The number of pyridine rings is 1. The molecule has 0 atom stereocenters. The maximum Gasteiger partial charge on any atom is 0.248 e. The second-order valence-corrected chi connectivity index (χ2v) is 5.91. The normalized spacial score (nSPS) is 11.0. The Morgan fingerprint density at radius 3 is 2.87 bits per heavy atom. The highest BCUT2D eigenvalue weighted by Crippen LogP contribution is 2.28. The number of hydrogen-bond donors (Lipinski definition) is 1. The summed E-state index contributed by atoms with van der Waals surface area (Å²) in [7, 11) is 0. The van der Waals surface area contributed by atoms with Crippen LogP contribution in [0.25, 0.3) is 27.9 Å². The predicted octanol–water partition coefficient (Wildman–Crippen LogP) is 2.63. The molecule has 0 fully saturated rings. The molecule has 0 aliphatic rings. The SMILES string of the molecule is O=Cc1cc(-c2cnn3cc(-c4cc[nH]c(=O)c4)cnc23)cs1. The Labute approximate surface area is 134 Å². The number of aldehydes is 1. The first-order valence-electron chi connectivity index (χ1n) is 6.81. The summed E-state index contributed by atoms with van der Waals surface area (Å²) in [5.41, 5.74) is 3.91. The van der Waals surface area contributed by atoms with Gasteiger partial charge < -0.3 is 4.98 Å². The van der Waals surface area contributed by atoms with Crippen molar-refractivity contribution in [2.75, 3.05) is 0 Å². The van der Waals surface area contributed by atoms with Gasteiger partial charge in [-0.1, -0.05) is 0 Å². The third kappa shape index (κ3) is 2.36. The first-order valence-corrected chi connectivity index (χ1v) is 7.69. The van der Waals surface area contributed by atoms with E-state index in [4.69, 9.17) is 0 Å². The van der Waals surface area contributed by atoms with Gasteiger partial charge in [-0.05, 0) is 28.6 Å². The van der Waals surface area contributed by atoms with E-state index in [-0.39, 0.29) is 5.56 Å². The van der Waals surface area contributed by atoms with Crippen molar-refractivity contribution in [2.24, 2.45) is 0 Å². The number of hydrogen-bond acceptors (Lipinski definition) is 5. The van der Waals surface area contributed by atoms with Gasteiger partial charge in [0.1, 0.15) is 0 Å². The number of aromatic amines is 1. The molecule has 1 N–H and O–H groups in total. The van der Waals surface area contributed by atoms with Crippen LogP contribution in [0.5, 0.6) is 0 Å². The third-order valence-corrected chi connectivity index (χ3v) is 4.37. The van der Waals surface area contributed by atoms with E-state index < -0.39 is 0 Å². The van der Waals surface area contributed by atoms with Gasteiger partial charge in [0.2, 0.25) is 5.56 Å². The summed E-state index contributed by atoms with van der Waals surface area (Å²) in [6.07, 6.45) is 7.69. The molecule has 0 aliphatic carbocycles. The van der Waals surface area contributed by atoms with E-state index in [0.717, 1.165) is 28.5 Å². The van der Waals surface area contributed by atoms with Crippen LogP contribution in [-0.4, -0.2) is 25.9 Å². The molecule has 7 heteroatoms. The van der Waals surface area contributed by atoms with Crippen molar-refractivity contribution >= 4 is 23.3 Å². The Morgan fingerprint density at radius 1 is 1.17 bits per heavy atom. The Bertz CT molecular complexity index is 1080. The molecule has 112 valence electrons. The quantitative estimate of drug-likeness (QED) is 0.588. The average Bonchev–Trinajstić information content (AvgIpc) is 3.20. The molecule has 0 aliphatic heterocycles. The van der Waals surface area contributed by atoms with Gasteiger partial charge in [0.15, 0.2) is 11.9 Å². The fourth-order valence-electron chi connectivity index (χ4n) is 2.41. The number of nitrogens with zero attached hydrogens (tertiary/aromatic N) is 3. The lowest BCUT2D eigenvalue weighted by atomic mass is 10.1. The van der Waals surface area contributed by atoms with Crippen LogP contribution >= 0.6 is 11.3 Å². The Balaban J connectivity index is 1.82. The maximum absolute atomic E-state index is 11.4. The summed E-state index contributed by atoms with van der Waals surface area (Å²) in [6.45, 7) is 0.